The molecule has 3 aromatic carbocycles. The molecule has 5 heteroatoms. The van der Waals surface area contributed by atoms with Crippen LogP contribution in [-0.2, 0) is 17.6 Å². The van der Waals surface area contributed by atoms with Crippen LogP contribution in [0.25, 0.3) is 32.8 Å². The number of hydrogen-bond donors (Lipinski definition) is 2. The molecule has 0 radical (unpaired) electrons. The Morgan fingerprint density at radius 2 is 1.97 bits per heavy atom. The van der Waals surface area contributed by atoms with Gasteiger partial charge in [-0.15, -0.1) is 0 Å². The largest absolute Gasteiger partial charge is 0.493 e. The zero-order chi connectivity index (χ0) is 20.1. The molecule has 0 unspecified atom stereocenters. The maximum Gasteiger partial charge on any atom is 0.307 e. The molecule has 0 bridgehead atoms. The second-order valence-electron chi connectivity index (χ2n) is 7.41. The summed E-state index contributed by atoms with van der Waals surface area (Å²) in [4.78, 5) is 16.4. The van der Waals surface area contributed by atoms with E-state index in [0.29, 0.717) is 12.3 Å². The molecule has 0 atom stereocenters. The number of aliphatic carboxylic acids is 1. The van der Waals surface area contributed by atoms with Crippen molar-refractivity contribution in [3.05, 3.63) is 65.4 Å². The third-order valence-corrected chi connectivity index (χ3v) is 5.81. The third kappa shape index (κ3) is 2.62. The standard InChI is InChI=1S/C24H20N2O3/c1-13-18(12-20(27)28)22(15-4-2-3-5-16(15)23(13)25)17-6-7-19-21-14(9-11-29-19)8-10-26-24(17)21/h2-8,10H,9,11-12,25H2,1H3,(H,27,28). The molecule has 4 aromatic rings. The highest BCUT2D eigenvalue weighted by atomic mass is 16.5. The first-order chi connectivity index (χ1) is 14.1. The molecule has 0 saturated carbocycles. The van der Waals surface area contributed by atoms with Gasteiger partial charge in [-0.2, -0.15) is 0 Å². The number of hydrogen-bond acceptors (Lipinski definition) is 4. The lowest BCUT2D eigenvalue weighted by atomic mass is 9.86. The molecule has 0 saturated heterocycles. The van der Waals surface area contributed by atoms with Gasteiger partial charge in [0.1, 0.15) is 5.75 Å². The van der Waals surface area contributed by atoms with E-state index in [-0.39, 0.29) is 6.42 Å². The van der Waals surface area contributed by atoms with Crippen LogP contribution in [0.3, 0.4) is 0 Å². The topological polar surface area (TPSA) is 85.4 Å². The van der Waals surface area contributed by atoms with E-state index in [1.54, 1.807) is 0 Å². The quantitative estimate of drug-likeness (QED) is 0.508. The number of aromatic nitrogens is 1. The zero-order valence-electron chi connectivity index (χ0n) is 16.0. The predicted octanol–water partition coefficient (Wildman–Crippen LogP) is 4.51. The summed E-state index contributed by atoms with van der Waals surface area (Å²) in [5.41, 5.74) is 12.4. The van der Waals surface area contributed by atoms with Crippen molar-refractivity contribution in [3.8, 4) is 16.9 Å². The minimum atomic E-state index is -0.886. The van der Waals surface area contributed by atoms with Crippen LogP contribution in [0.4, 0.5) is 5.69 Å². The Labute approximate surface area is 167 Å². The number of carbonyl (C=O) groups is 1. The Balaban J connectivity index is 1.95. The van der Waals surface area contributed by atoms with Crippen molar-refractivity contribution in [1.82, 2.24) is 4.98 Å². The third-order valence-electron chi connectivity index (χ3n) is 5.81. The van der Waals surface area contributed by atoms with Gasteiger partial charge in [-0.05, 0) is 52.8 Å². The molecule has 1 aliphatic heterocycles. The smallest absolute Gasteiger partial charge is 0.307 e. The first-order valence-corrected chi connectivity index (χ1v) is 9.61. The fraction of sp³-hybridized carbons (Fsp3) is 0.167. The maximum absolute atomic E-state index is 11.7. The van der Waals surface area contributed by atoms with Gasteiger partial charge < -0.3 is 15.6 Å². The van der Waals surface area contributed by atoms with Gasteiger partial charge in [0.25, 0.3) is 0 Å². The lowest BCUT2D eigenvalue weighted by Gasteiger charge is -2.22. The Hall–Kier alpha value is -3.60. The predicted molar refractivity (Wildman–Crippen MR) is 114 cm³/mol. The summed E-state index contributed by atoms with van der Waals surface area (Å²) in [6.45, 7) is 2.55. The summed E-state index contributed by atoms with van der Waals surface area (Å²) in [6, 6.07) is 13.9. The van der Waals surface area contributed by atoms with Crippen LogP contribution < -0.4 is 10.5 Å². The summed E-state index contributed by atoms with van der Waals surface area (Å²) in [7, 11) is 0. The van der Waals surface area contributed by atoms with Crippen molar-refractivity contribution in [2.24, 2.45) is 0 Å². The van der Waals surface area contributed by atoms with Gasteiger partial charge in [0.15, 0.2) is 0 Å². The van der Waals surface area contributed by atoms with E-state index in [2.05, 4.69) is 4.98 Å². The van der Waals surface area contributed by atoms with Crippen molar-refractivity contribution in [1.29, 1.82) is 0 Å². The van der Waals surface area contributed by atoms with Crippen molar-refractivity contribution < 1.29 is 14.6 Å². The van der Waals surface area contributed by atoms with Crippen LogP contribution in [0.2, 0.25) is 0 Å². The normalized spacial score (nSPS) is 12.9. The van der Waals surface area contributed by atoms with Gasteiger partial charge >= 0.3 is 5.97 Å². The van der Waals surface area contributed by atoms with Crippen LogP contribution in [0.1, 0.15) is 16.7 Å². The number of carboxylic acid groups (broad SMARTS) is 1. The summed E-state index contributed by atoms with van der Waals surface area (Å²) in [5, 5.41) is 12.5. The fourth-order valence-electron chi connectivity index (χ4n) is 4.43. The molecule has 3 N–H and O–H groups in total. The van der Waals surface area contributed by atoms with E-state index in [9.17, 15) is 9.90 Å². The number of rotatable bonds is 3. The minimum absolute atomic E-state index is 0.102. The number of ether oxygens (including phenoxy) is 1. The number of anilines is 1. The number of pyridine rings is 1. The number of carboxylic acids is 1. The zero-order valence-corrected chi connectivity index (χ0v) is 16.0. The van der Waals surface area contributed by atoms with Crippen molar-refractivity contribution in [2.75, 3.05) is 12.3 Å². The monoisotopic (exact) mass is 384 g/mol. The number of nitrogens with zero attached hydrogens (tertiary/aromatic N) is 1. The Bertz CT molecular complexity index is 1300. The first-order valence-electron chi connectivity index (χ1n) is 9.61. The van der Waals surface area contributed by atoms with Crippen LogP contribution in [0, 0.1) is 6.92 Å². The van der Waals surface area contributed by atoms with Gasteiger partial charge in [-0.25, -0.2) is 0 Å². The SMILES string of the molecule is Cc1c(CC(=O)O)c(-c2ccc3c4c(ccnc24)CCO3)c2ccccc2c1N. The molecular weight excluding hydrogens is 364 g/mol. The molecule has 5 rings (SSSR count). The van der Waals surface area contributed by atoms with E-state index in [0.717, 1.165) is 56.1 Å². The second kappa shape index (κ2) is 6.48. The van der Waals surface area contributed by atoms with Gasteiger partial charge in [-0.3, -0.25) is 9.78 Å². The summed E-state index contributed by atoms with van der Waals surface area (Å²) in [6.07, 6.45) is 2.55. The lowest BCUT2D eigenvalue weighted by molar-refractivity contribution is -0.136. The molecule has 29 heavy (non-hydrogen) atoms. The highest BCUT2D eigenvalue weighted by molar-refractivity contribution is 6.11. The summed E-state index contributed by atoms with van der Waals surface area (Å²) < 4.78 is 5.86. The number of benzene rings is 3. The molecule has 5 nitrogen and oxygen atoms in total. The van der Waals surface area contributed by atoms with E-state index in [1.807, 2.05) is 55.6 Å². The maximum atomic E-state index is 11.7. The highest BCUT2D eigenvalue weighted by Crippen LogP contribution is 2.44. The van der Waals surface area contributed by atoms with E-state index in [1.165, 1.54) is 5.56 Å². The Kier molecular flexibility index (Phi) is 3.91. The van der Waals surface area contributed by atoms with Crippen LogP contribution in [0.5, 0.6) is 5.75 Å². The molecule has 1 aromatic heterocycles. The van der Waals surface area contributed by atoms with E-state index in [4.69, 9.17) is 10.5 Å². The van der Waals surface area contributed by atoms with Crippen LogP contribution in [0.15, 0.2) is 48.7 Å². The molecular formula is C24H20N2O3. The van der Waals surface area contributed by atoms with Gasteiger partial charge in [-0.1, -0.05) is 24.3 Å². The van der Waals surface area contributed by atoms with E-state index < -0.39 is 5.97 Å². The first kappa shape index (κ1) is 17.5. The molecule has 0 aliphatic carbocycles. The summed E-state index contributed by atoms with van der Waals surface area (Å²) >= 11 is 0. The van der Waals surface area contributed by atoms with Crippen molar-refractivity contribution >= 4 is 33.3 Å². The highest BCUT2D eigenvalue weighted by Gasteiger charge is 2.23. The fourth-order valence-corrected chi connectivity index (χ4v) is 4.43. The van der Waals surface area contributed by atoms with Crippen LogP contribution in [-0.4, -0.2) is 22.7 Å². The summed E-state index contributed by atoms with van der Waals surface area (Å²) in [5.74, 6) is -0.0580. The average Bonchev–Trinajstić information content (AvgIpc) is 2.73. The molecule has 144 valence electrons. The molecule has 0 fully saturated rings. The average molecular weight is 384 g/mol. The van der Waals surface area contributed by atoms with Gasteiger partial charge in [0.05, 0.1) is 18.5 Å². The number of fused-ring (bicyclic) bond motifs is 1. The molecule has 0 spiro atoms. The van der Waals surface area contributed by atoms with Crippen molar-refractivity contribution in [2.45, 2.75) is 19.8 Å². The van der Waals surface area contributed by atoms with Crippen molar-refractivity contribution in [3.63, 3.8) is 0 Å². The molecule has 0 amide bonds. The second-order valence-corrected chi connectivity index (χ2v) is 7.41. The minimum Gasteiger partial charge on any atom is -0.493 e. The molecule has 1 aliphatic rings. The Morgan fingerprint density at radius 3 is 2.76 bits per heavy atom. The Morgan fingerprint density at radius 1 is 1.17 bits per heavy atom. The van der Waals surface area contributed by atoms with Gasteiger partial charge in [0.2, 0.25) is 0 Å². The van der Waals surface area contributed by atoms with Crippen LogP contribution >= 0.6 is 0 Å². The molecule has 2 heterocycles. The lowest BCUT2D eigenvalue weighted by Crippen LogP contribution is -2.10. The van der Waals surface area contributed by atoms with Gasteiger partial charge in [0, 0.05) is 34.6 Å². The number of nitrogens with two attached hydrogens (primary N) is 1. The van der Waals surface area contributed by atoms with E-state index >= 15 is 0 Å². The number of nitrogen functional groups attached to an aromatic ring is 1.